The Kier molecular flexibility index (Phi) is 8.75. The van der Waals surface area contributed by atoms with E-state index in [4.69, 9.17) is 0 Å². The second-order valence-electron chi connectivity index (χ2n) is 9.71. The minimum atomic E-state index is 0.679. The molecule has 8 unspecified atom stereocenters. The fourth-order valence-electron chi connectivity index (χ4n) is 5.38. The normalized spacial score (nSPS) is 39.1. The van der Waals surface area contributed by atoms with E-state index in [0.717, 1.165) is 35.8 Å². The lowest BCUT2D eigenvalue weighted by molar-refractivity contribution is 0.142. The lowest BCUT2D eigenvalue weighted by Gasteiger charge is -2.40. The zero-order valence-corrected chi connectivity index (χ0v) is 18.0. The molecule has 0 aromatic carbocycles. The molecule has 2 heteroatoms. The van der Waals surface area contributed by atoms with E-state index in [-0.39, 0.29) is 0 Å². The van der Waals surface area contributed by atoms with Gasteiger partial charge in [-0.3, -0.25) is 0 Å². The molecule has 0 aliphatic heterocycles. The van der Waals surface area contributed by atoms with Crippen LogP contribution >= 0.6 is 0 Å². The molecule has 2 aliphatic carbocycles. The summed E-state index contributed by atoms with van der Waals surface area (Å²) >= 11 is 0. The van der Waals surface area contributed by atoms with Crippen LogP contribution in [-0.4, -0.2) is 24.2 Å². The summed E-state index contributed by atoms with van der Waals surface area (Å²) < 4.78 is 0. The highest BCUT2D eigenvalue weighted by molar-refractivity contribution is 4.88. The average molecular weight is 351 g/mol. The molecule has 0 aromatic rings. The van der Waals surface area contributed by atoms with Crippen molar-refractivity contribution in [3.8, 4) is 0 Å². The van der Waals surface area contributed by atoms with Gasteiger partial charge in [-0.05, 0) is 95.3 Å². The highest BCUT2D eigenvalue weighted by Crippen LogP contribution is 2.39. The van der Waals surface area contributed by atoms with Gasteiger partial charge in [0.1, 0.15) is 0 Å². The maximum atomic E-state index is 3.87. The second-order valence-corrected chi connectivity index (χ2v) is 9.71. The van der Waals surface area contributed by atoms with E-state index in [9.17, 15) is 0 Å². The fourth-order valence-corrected chi connectivity index (χ4v) is 5.38. The Labute approximate surface area is 158 Å². The quantitative estimate of drug-likeness (QED) is 0.581. The summed E-state index contributed by atoms with van der Waals surface area (Å²) in [5.41, 5.74) is 0. The summed E-state index contributed by atoms with van der Waals surface area (Å²) in [5.74, 6) is 3.68. The van der Waals surface area contributed by atoms with Crippen LogP contribution in [0.2, 0.25) is 0 Å². The minimum Gasteiger partial charge on any atom is -0.311 e. The third-order valence-electron chi connectivity index (χ3n) is 7.44. The van der Waals surface area contributed by atoms with E-state index in [1.807, 2.05) is 0 Å². The molecule has 0 aromatic heterocycles. The van der Waals surface area contributed by atoms with Gasteiger partial charge in [-0.25, -0.2) is 0 Å². The molecule has 0 spiro atoms. The Balaban J connectivity index is 1.73. The van der Waals surface area contributed by atoms with Crippen LogP contribution in [0.1, 0.15) is 99.3 Å². The van der Waals surface area contributed by atoms with Gasteiger partial charge in [0.2, 0.25) is 0 Å². The van der Waals surface area contributed by atoms with Crippen molar-refractivity contribution in [1.29, 1.82) is 0 Å². The molecule has 148 valence electrons. The maximum Gasteiger partial charge on any atom is 0.00953 e. The summed E-state index contributed by atoms with van der Waals surface area (Å²) in [6.45, 7) is 14.2. The van der Waals surface area contributed by atoms with Crippen LogP contribution in [0.3, 0.4) is 0 Å². The van der Waals surface area contributed by atoms with Crippen LogP contribution in [0, 0.1) is 23.7 Å². The third kappa shape index (κ3) is 6.54. The molecular weight excluding hydrogens is 304 g/mol. The van der Waals surface area contributed by atoms with Gasteiger partial charge in [0.25, 0.3) is 0 Å². The number of rotatable bonds is 8. The van der Waals surface area contributed by atoms with Crippen LogP contribution in [0.5, 0.6) is 0 Å². The zero-order valence-electron chi connectivity index (χ0n) is 18.0. The minimum absolute atomic E-state index is 0.679. The highest BCUT2D eigenvalue weighted by atomic mass is 15.0. The van der Waals surface area contributed by atoms with Gasteiger partial charge < -0.3 is 10.6 Å². The summed E-state index contributed by atoms with van der Waals surface area (Å²) in [7, 11) is 0. The summed E-state index contributed by atoms with van der Waals surface area (Å²) in [4.78, 5) is 0. The molecule has 2 fully saturated rings. The number of hydrogen-bond acceptors (Lipinski definition) is 2. The van der Waals surface area contributed by atoms with Crippen LogP contribution in [0.15, 0.2) is 0 Å². The van der Waals surface area contributed by atoms with Crippen molar-refractivity contribution in [1.82, 2.24) is 10.6 Å². The molecular formula is C23H46N2. The first-order valence-corrected chi connectivity index (χ1v) is 11.4. The van der Waals surface area contributed by atoms with Crippen molar-refractivity contribution < 1.29 is 0 Å². The standard InChI is InChI=1S/C23H46N2/c1-7-18(5)24-22-11-9-20(13-16(22)3)15-21-10-12-23(17(4)14-21)25-19(6)8-2/h16-25H,7-15H2,1-6H3. The number of nitrogens with one attached hydrogen (secondary N) is 2. The van der Waals surface area contributed by atoms with Crippen LogP contribution in [-0.2, 0) is 0 Å². The predicted octanol–water partition coefficient (Wildman–Crippen LogP) is 5.76. The predicted molar refractivity (Wildman–Crippen MR) is 111 cm³/mol. The Morgan fingerprint density at radius 1 is 0.720 bits per heavy atom. The molecule has 0 amide bonds. The van der Waals surface area contributed by atoms with E-state index in [1.54, 1.807) is 0 Å². The molecule has 2 N–H and O–H groups in total. The molecule has 2 saturated carbocycles. The molecule has 0 radical (unpaired) electrons. The van der Waals surface area contributed by atoms with Crippen molar-refractivity contribution in [2.24, 2.45) is 23.7 Å². The molecule has 0 bridgehead atoms. The van der Waals surface area contributed by atoms with Gasteiger partial charge >= 0.3 is 0 Å². The lowest BCUT2D eigenvalue weighted by atomic mass is 9.70. The van der Waals surface area contributed by atoms with Crippen molar-refractivity contribution in [3.05, 3.63) is 0 Å². The largest absolute Gasteiger partial charge is 0.311 e. The van der Waals surface area contributed by atoms with Gasteiger partial charge in [0.15, 0.2) is 0 Å². The van der Waals surface area contributed by atoms with Crippen molar-refractivity contribution in [2.45, 2.75) is 123 Å². The Hall–Kier alpha value is -0.0800. The van der Waals surface area contributed by atoms with Crippen LogP contribution in [0.4, 0.5) is 0 Å². The topological polar surface area (TPSA) is 24.1 Å². The first-order valence-electron chi connectivity index (χ1n) is 11.4. The molecule has 0 saturated heterocycles. The first-order chi connectivity index (χ1) is 11.9. The molecule has 2 nitrogen and oxygen atoms in total. The third-order valence-corrected chi connectivity index (χ3v) is 7.44. The van der Waals surface area contributed by atoms with Gasteiger partial charge in [0.05, 0.1) is 0 Å². The summed E-state index contributed by atoms with van der Waals surface area (Å²) in [6.07, 6.45) is 12.6. The van der Waals surface area contributed by atoms with E-state index in [0.29, 0.717) is 12.1 Å². The molecule has 0 heterocycles. The summed E-state index contributed by atoms with van der Waals surface area (Å²) in [5, 5.41) is 7.74. The Morgan fingerprint density at radius 3 is 1.44 bits per heavy atom. The smallest absolute Gasteiger partial charge is 0.00953 e. The highest BCUT2D eigenvalue weighted by Gasteiger charge is 2.33. The SMILES string of the molecule is CCC(C)NC1CCC(CC2CCC(NC(C)CC)C(C)C2)CC1C. The van der Waals surface area contributed by atoms with E-state index < -0.39 is 0 Å². The van der Waals surface area contributed by atoms with Gasteiger partial charge in [-0.1, -0.05) is 27.7 Å². The van der Waals surface area contributed by atoms with Crippen molar-refractivity contribution in [3.63, 3.8) is 0 Å². The molecule has 2 aliphatic rings. The average Bonchev–Trinajstić information content (AvgIpc) is 2.59. The summed E-state index contributed by atoms with van der Waals surface area (Å²) in [6, 6.07) is 2.89. The monoisotopic (exact) mass is 350 g/mol. The van der Waals surface area contributed by atoms with Gasteiger partial charge in [-0.15, -0.1) is 0 Å². The van der Waals surface area contributed by atoms with Crippen molar-refractivity contribution in [2.75, 3.05) is 0 Å². The number of hydrogen-bond donors (Lipinski definition) is 2. The van der Waals surface area contributed by atoms with Crippen molar-refractivity contribution >= 4 is 0 Å². The van der Waals surface area contributed by atoms with Crippen LogP contribution in [0.25, 0.3) is 0 Å². The zero-order chi connectivity index (χ0) is 18.4. The maximum absolute atomic E-state index is 3.87. The van der Waals surface area contributed by atoms with E-state index >= 15 is 0 Å². The van der Waals surface area contributed by atoms with E-state index in [2.05, 4.69) is 52.2 Å². The lowest BCUT2D eigenvalue weighted by Crippen LogP contribution is -2.45. The second kappa shape index (κ2) is 10.3. The van der Waals surface area contributed by atoms with Gasteiger partial charge in [0, 0.05) is 24.2 Å². The Morgan fingerprint density at radius 2 is 1.12 bits per heavy atom. The Bertz CT molecular complexity index is 335. The van der Waals surface area contributed by atoms with E-state index in [1.165, 1.54) is 57.8 Å². The first kappa shape index (κ1) is 21.2. The fraction of sp³-hybridized carbons (Fsp3) is 1.00. The molecule has 25 heavy (non-hydrogen) atoms. The molecule has 8 atom stereocenters. The van der Waals surface area contributed by atoms with Crippen LogP contribution < -0.4 is 10.6 Å². The molecule has 2 rings (SSSR count). The van der Waals surface area contributed by atoms with Gasteiger partial charge in [-0.2, -0.15) is 0 Å².